The summed E-state index contributed by atoms with van der Waals surface area (Å²) in [4.78, 5) is 16.2. The summed E-state index contributed by atoms with van der Waals surface area (Å²) >= 11 is 0. The average Bonchev–Trinajstić information content (AvgIpc) is 2.17. The summed E-state index contributed by atoms with van der Waals surface area (Å²) in [6.45, 7) is 1.76. The second-order valence-corrected chi connectivity index (χ2v) is 3.12. The number of pyridine rings is 1. The van der Waals surface area contributed by atoms with E-state index in [2.05, 4.69) is 4.98 Å². The zero-order valence-corrected chi connectivity index (χ0v) is 8.66. The molecule has 0 saturated heterocycles. The number of alkyl halides is 3. The second-order valence-electron chi connectivity index (χ2n) is 3.12. The Balaban J connectivity index is 2.80. The van der Waals surface area contributed by atoms with Gasteiger partial charge in [0.25, 0.3) is 0 Å². The Morgan fingerprint density at radius 1 is 1.44 bits per heavy atom. The van der Waals surface area contributed by atoms with Crippen LogP contribution in [0, 0.1) is 0 Å². The number of carbonyl (C=O) groups excluding carboxylic acids is 1. The first kappa shape index (κ1) is 12.5. The largest absolute Gasteiger partial charge is 0.397 e. The zero-order valence-electron chi connectivity index (χ0n) is 8.66. The minimum Gasteiger partial charge on any atom is -0.297 e. The van der Waals surface area contributed by atoms with Crippen molar-refractivity contribution >= 4 is 11.7 Å². The van der Waals surface area contributed by atoms with Crippen LogP contribution < -0.4 is 4.90 Å². The Kier molecular flexibility index (Phi) is 3.87. The van der Waals surface area contributed by atoms with E-state index in [9.17, 15) is 18.0 Å². The first-order valence-electron chi connectivity index (χ1n) is 4.72. The Labute approximate surface area is 90.9 Å². The number of rotatable bonds is 3. The summed E-state index contributed by atoms with van der Waals surface area (Å²) in [5, 5.41) is 0. The summed E-state index contributed by atoms with van der Waals surface area (Å²) in [5.74, 6) is -0.757. The summed E-state index contributed by atoms with van der Waals surface area (Å²) in [6.07, 6.45) is -4.52. The van der Waals surface area contributed by atoms with Crippen LogP contribution in [-0.2, 0) is 4.79 Å². The van der Waals surface area contributed by atoms with Crippen molar-refractivity contribution in [1.29, 1.82) is 0 Å². The van der Waals surface area contributed by atoms with Crippen LogP contribution in [0.25, 0.3) is 0 Å². The molecule has 0 aliphatic carbocycles. The molecule has 0 bridgehead atoms. The van der Waals surface area contributed by atoms with Crippen LogP contribution >= 0.6 is 0 Å². The quantitative estimate of drug-likeness (QED) is 0.801. The predicted octanol–water partition coefficient (Wildman–Crippen LogP) is 2.39. The van der Waals surface area contributed by atoms with Gasteiger partial charge < -0.3 is 0 Å². The van der Waals surface area contributed by atoms with E-state index in [-0.39, 0.29) is 12.4 Å². The number of hydrogen-bond donors (Lipinski definition) is 0. The molecule has 0 aliphatic rings. The van der Waals surface area contributed by atoms with E-state index in [1.165, 1.54) is 12.3 Å². The Morgan fingerprint density at radius 2 is 2.12 bits per heavy atom. The number of carbonyl (C=O) groups is 1. The van der Waals surface area contributed by atoms with E-state index >= 15 is 0 Å². The minimum atomic E-state index is -4.49. The third kappa shape index (κ3) is 3.52. The van der Waals surface area contributed by atoms with Crippen LogP contribution in [0.1, 0.15) is 13.3 Å². The Bertz CT molecular complexity index is 351. The molecule has 1 amide bonds. The molecule has 1 aromatic heterocycles. The maximum atomic E-state index is 12.1. The lowest BCUT2D eigenvalue weighted by Crippen LogP contribution is -2.34. The van der Waals surface area contributed by atoms with E-state index < -0.39 is 18.5 Å². The summed E-state index contributed by atoms with van der Waals surface area (Å²) in [7, 11) is 0. The van der Waals surface area contributed by atoms with Gasteiger partial charge in [0.2, 0.25) is 5.91 Å². The Morgan fingerprint density at radius 3 is 2.56 bits per heavy atom. The molecule has 0 fully saturated rings. The topological polar surface area (TPSA) is 33.2 Å². The first-order chi connectivity index (χ1) is 7.44. The highest BCUT2D eigenvalue weighted by Gasteiger charge is 2.33. The van der Waals surface area contributed by atoms with Gasteiger partial charge in [0.05, 0.1) is 0 Å². The summed E-state index contributed by atoms with van der Waals surface area (Å²) in [6, 6.07) is 4.75. The van der Waals surface area contributed by atoms with E-state index in [1.807, 2.05) is 0 Å². The lowest BCUT2D eigenvalue weighted by molar-refractivity contribution is -0.151. The number of anilines is 1. The molecule has 0 radical (unpaired) electrons. The smallest absolute Gasteiger partial charge is 0.297 e. The van der Waals surface area contributed by atoms with Gasteiger partial charge in [-0.15, -0.1) is 0 Å². The van der Waals surface area contributed by atoms with Crippen LogP contribution in [0.15, 0.2) is 24.4 Å². The molecule has 1 rings (SSSR count). The van der Waals surface area contributed by atoms with Crippen LogP contribution in [0.4, 0.5) is 19.0 Å². The lowest BCUT2D eigenvalue weighted by Gasteiger charge is -2.20. The number of amides is 1. The van der Waals surface area contributed by atoms with Gasteiger partial charge >= 0.3 is 6.18 Å². The van der Waals surface area contributed by atoms with Crippen molar-refractivity contribution in [2.75, 3.05) is 11.4 Å². The molecule has 1 aromatic rings. The van der Waals surface area contributed by atoms with Crippen LogP contribution in [0.5, 0.6) is 0 Å². The van der Waals surface area contributed by atoms with E-state index in [1.54, 1.807) is 19.1 Å². The highest BCUT2D eigenvalue weighted by Crippen LogP contribution is 2.22. The Hall–Kier alpha value is -1.59. The molecule has 0 saturated carbocycles. The van der Waals surface area contributed by atoms with Crippen molar-refractivity contribution in [3.05, 3.63) is 24.4 Å². The number of nitrogens with zero attached hydrogens (tertiary/aromatic N) is 2. The fraction of sp³-hybridized carbons (Fsp3) is 0.400. The molecule has 6 heteroatoms. The molecule has 0 N–H and O–H groups in total. The molecule has 0 aliphatic heterocycles. The molecular formula is C10H11F3N2O. The summed E-state index contributed by atoms with van der Waals surface area (Å²) in [5.41, 5.74) is 0. The van der Waals surface area contributed by atoms with Gasteiger partial charge in [-0.05, 0) is 19.1 Å². The molecular weight excluding hydrogens is 221 g/mol. The lowest BCUT2D eigenvalue weighted by atomic mass is 10.3. The van der Waals surface area contributed by atoms with Gasteiger partial charge in [0, 0.05) is 12.7 Å². The fourth-order valence-electron chi connectivity index (χ4n) is 1.25. The zero-order chi connectivity index (χ0) is 12.2. The van der Waals surface area contributed by atoms with Crippen molar-refractivity contribution in [2.45, 2.75) is 19.5 Å². The third-order valence-electron chi connectivity index (χ3n) is 1.89. The van der Waals surface area contributed by atoms with Crippen molar-refractivity contribution < 1.29 is 18.0 Å². The molecule has 16 heavy (non-hydrogen) atoms. The molecule has 0 atom stereocenters. The highest BCUT2D eigenvalue weighted by atomic mass is 19.4. The van der Waals surface area contributed by atoms with Gasteiger partial charge in [0.1, 0.15) is 12.2 Å². The van der Waals surface area contributed by atoms with Gasteiger partial charge in [-0.25, -0.2) is 4.98 Å². The van der Waals surface area contributed by atoms with Crippen LogP contribution in [-0.4, -0.2) is 23.6 Å². The van der Waals surface area contributed by atoms with Crippen LogP contribution in [0.2, 0.25) is 0 Å². The van der Waals surface area contributed by atoms with Gasteiger partial charge in [0.15, 0.2) is 0 Å². The monoisotopic (exact) mass is 232 g/mol. The fourth-order valence-corrected chi connectivity index (χ4v) is 1.25. The van der Waals surface area contributed by atoms with E-state index in [0.29, 0.717) is 0 Å². The number of aromatic nitrogens is 1. The van der Waals surface area contributed by atoms with Gasteiger partial charge in [-0.3, -0.25) is 9.69 Å². The SMILES string of the molecule is CCN(C(=O)CC(F)(F)F)c1ccccn1. The average molecular weight is 232 g/mol. The second kappa shape index (κ2) is 4.96. The van der Waals surface area contributed by atoms with Gasteiger partial charge in [-0.2, -0.15) is 13.2 Å². The predicted molar refractivity (Wildman–Crippen MR) is 52.9 cm³/mol. The molecule has 0 aromatic carbocycles. The van der Waals surface area contributed by atoms with Crippen molar-refractivity contribution in [3.63, 3.8) is 0 Å². The molecule has 3 nitrogen and oxygen atoms in total. The van der Waals surface area contributed by atoms with Crippen molar-refractivity contribution in [2.24, 2.45) is 0 Å². The van der Waals surface area contributed by atoms with Crippen LogP contribution in [0.3, 0.4) is 0 Å². The van der Waals surface area contributed by atoms with Crippen molar-refractivity contribution in [3.8, 4) is 0 Å². The normalized spacial score (nSPS) is 11.2. The molecule has 0 unspecified atom stereocenters. The highest BCUT2D eigenvalue weighted by molar-refractivity contribution is 5.92. The van der Waals surface area contributed by atoms with Gasteiger partial charge in [-0.1, -0.05) is 6.07 Å². The maximum Gasteiger partial charge on any atom is 0.397 e. The maximum absolute atomic E-state index is 12.1. The molecule has 1 heterocycles. The standard InChI is InChI=1S/C10H11F3N2O/c1-2-15(8-5-3-4-6-14-8)9(16)7-10(11,12)13/h3-6H,2,7H2,1H3. The van der Waals surface area contributed by atoms with Crippen molar-refractivity contribution in [1.82, 2.24) is 4.98 Å². The minimum absolute atomic E-state index is 0.159. The molecule has 88 valence electrons. The third-order valence-corrected chi connectivity index (χ3v) is 1.89. The number of halogens is 3. The van der Waals surface area contributed by atoms with E-state index in [0.717, 1.165) is 4.90 Å². The van der Waals surface area contributed by atoms with E-state index in [4.69, 9.17) is 0 Å². The molecule has 0 spiro atoms. The summed E-state index contributed by atoms with van der Waals surface area (Å²) < 4.78 is 36.2. The first-order valence-corrected chi connectivity index (χ1v) is 4.72. The number of hydrogen-bond acceptors (Lipinski definition) is 2.